The summed E-state index contributed by atoms with van der Waals surface area (Å²) in [5, 5.41) is 19.5. The highest BCUT2D eigenvalue weighted by molar-refractivity contribution is 7.80. The van der Waals surface area contributed by atoms with Gasteiger partial charge < -0.3 is 14.9 Å². The molecule has 0 saturated heterocycles. The molecular formula is C11H14F3NO3S. The van der Waals surface area contributed by atoms with Crippen molar-refractivity contribution in [1.29, 1.82) is 0 Å². The largest absolute Gasteiger partial charge is 0.481 e. The lowest BCUT2D eigenvalue weighted by molar-refractivity contribution is -0.138. The highest BCUT2D eigenvalue weighted by Crippen LogP contribution is 2.34. The molecular weight excluding hydrogens is 283 g/mol. The Hall–Kier alpha value is -0.990. The molecule has 2 N–H and O–H groups in total. The van der Waals surface area contributed by atoms with Crippen molar-refractivity contribution in [2.75, 3.05) is 12.9 Å². The van der Waals surface area contributed by atoms with E-state index in [1.165, 1.54) is 7.11 Å². The van der Waals surface area contributed by atoms with Gasteiger partial charge in [0.1, 0.15) is 6.10 Å². The van der Waals surface area contributed by atoms with Crippen molar-refractivity contribution in [2.45, 2.75) is 24.8 Å². The van der Waals surface area contributed by atoms with E-state index < -0.39 is 23.9 Å². The summed E-state index contributed by atoms with van der Waals surface area (Å²) >= 11 is 3.88. The highest BCUT2D eigenvalue weighted by atomic mass is 32.1. The molecule has 1 heterocycles. The quantitative estimate of drug-likeness (QED) is 0.726. The van der Waals surface area contributed by atoms with Gasteiger partial charge in [-0.1, -0.05) is 0 Å². The van der Waals surface area contributed by atoms with Crippen molar-refractivity contribution in [2.24, 2.45) is 0 Å². The number of halogens is 3. The SMILES string of the molecule is COc1ncc(C(F)(F)F)cc1C(O)C(O)CCS. The molecule has 0 fully saturated rings. The maximum atomic E-state index is 12.6. The van der Waals surface area contributed by atoms with Crippen molar-refractivity contribution in [1.82, 2.24) is 4.98 Å². The van der Waals surface area contributed by atoms with Gasteiger partial charge in [-0.15, -0.1) is 0 Å². The maximum absolute atomic E-state index is 12.6. The smallest absolute Gasteiger partial charge is 0.417 e. The second kappa shape index (κ2) is 6.44. The summed E-state index contributed by atoms with van der Waals surface area (Å²) in [6.07, 6.45) is -6.60. The third kappa shape index (κ3) is 3.99. The first kappa shape index (κ1) is 16.1. The Kier molecular flexibility index (Phi) is 5.45. The van der Waals surface area contributed by atoms with E-state index in [9.17, 15) is 23.4 Å². The minimum Gasteiger partial charge on any atom is -0.481 e. The molecule has 0 bridgehead atoms. The van der Waals surface area contributed by atoms with Crippen LogP contribution in [-0.4, -0.2) is 34.2 Å². The van der Waals surface area contributed by atoms with E-state index in [1.54, 1.807) is 0 Å². The van der Waals surface area contributed by atoms with Gasteiger partial charge in [0.25, 0.3) is 0 Å². The molecule has 0 aliphatic carbocycles. The highest BCUT2D eigenvalue weighted by Gasteiger charge is 2.33. The number of alkyl halides is 3. The van der Waals surface area contributed by atoms with Gasteiger partial charge in [0, 0.05) is 11.8 Å². The lowest BCUT2D eigenvalue weighted by Gasteiger charge is -2.20. The number of hydrogen-bond acceptors (Lipinski definition) is 5. The lowest BCUT2D eigenvalue weighted by atomic mass is 10.0. The number of methoxy groups -OCH3 is 1. The molecule has 19 heavy (non-hydrogen) atoms. The third-order valence-corrected chi connectivity index (χ3v) is 2.77. The molecule has 0 radical (unpaired) electrons. The van der Waals surface area contributed by atoms with Crippen LogP contribution in [0.15, 0.2) is 12.3 Å². The number of rotatable bonds is 5. The van der Waals surface area contributed by atoms with E-state index in [-0.39, 0.29) is 23.6 Å². The van der Waals surface area contributed by atoms with Gasteiger partial charge >= 0.3 is 6.18 Å². The number of hydrogen-bond donors (Lipinski definition) is 3. The molecule has 4 nitrogen and oxygen atoms in total. The molecule has 0 aliphatic rings. The number of ether oxygens (including phenoxy) is 1. The first-order valence-corrected chi connectivity index (χ1v) is 6.02. The zero-order valence-electron chi connectivity index (χ0n) is 10.1. The standard InChI is InChI=1S/C11H14F3NO3S/c1-18-10-7(9(17)8(16)2-3-19)4-6(5-15-10)11(12,13)14/h4-5,8-9,16-17,19H,2-3H2,1H3. The van der Waals surface area contributed by atoms with Crippen molar-refractivity contribution < 1.29 is 28.1 Å². The molecule has 1 rings (SSSR count). The Labute approximate surface area is 113 Å². The lowest BCUT2D eigenvalue weighted by Crippen LogP contribution is -2.20. The Balaban J connectivity index is 3.15. The molecule has 0 amide bonds. The number of aliphatic hydroxyl groups excluding tert-OH is 2. The van der Waals surface area contributed by atoms with Crippen LogP contribution in [0.3, 0.4) is 0 Å². The first-order chi connectivity index (χ1) is 8.81. The molecule has 8 heteroatoms. The fourth-order valence-electron chi connectivity index (χ4n) is 1.50. The van der Waals surface area contributed by atoms with Crippen LogP contribution in [-0.2, 0) is 6.18 Å². The second-order valence-corrected chi connectivity index (χ2v) is 4.29. The molecule has 0 aliphatic heterocycles. The van der Waals surface area contributed by atoms with Gasteiger partial charge in [-0.05, 0) is 18.2 Å². The van der Waals surface area contributed by atoms with Crippen LogP contribution in [0.5, 0.6) is 5.88 Å². The maximum Gasteiger partial charge on any atom is 0.417 e. The van der Waals surface area contributed by atoms with E-state index in [0.29, 0.717) is 6.20 Å². The average Bonchev–Trinajstić information content (AvgIpc) is 2.36. The molecule has 2 unspecified atom stereocenters. The molecule has 0 spiro atoms. The first-order valence-electron chi connectivity index (χ1n) is 5.39. The van der Waals surface area contributed by atoms with Gasteiger partial charge in [-0.3, -0.25) is 0 Å². The molecule has 1 aromatic rings. The van der Waals surface area contributed by atoms with Crippen LogP contribution in [0.25, 0.3) is 0 Å². The minimum absolute atomic E-state index is 0.129. The summed E-state index contributed by atoms with van der Waals surface area (Å²) in [6, 6.07) is 0.720. The van der Waals surface area contributed by atoms with Crippen LogP contribution < -0.4 is 4.74 Å². The summed E-state index contributed by atoms with van der Waals surface area (Å²) in [4.78, 5) is 3.49. The second-order valence-electron chi connectivity index (χ2n) is 3.84. The van der Waals surface area contributed by atoms with Crippen molar-refractivity contribution in [3.63, 3.8) is 0 Å². The molecule has 108 valence electrons. The van der Waals surface area contributed by atoms with Crippen LogP contribution >= 0.6 is 12.6 Å². The Morgan fingerprint density at radius 2 is 2.05 bits per heavy atom. The number of aromatic nitrogens is 1. The van der Waals surface area contributed by atoms with E-state index in [4.69, 9.17) is 4.74 Å². The number of thiol groups is 1. The minimum atomic E-state index is -4.58. The summed E-state index contributed by atoms with van der Waals surface area (Å²) in [5.41, 5.74) is -1.22. The van der Waals surface area contributed by atoms with Crippen LogP contribution in [0.2, 0.25) is 0 Å². The van der Waals surface area contributed by atoms with E-state index in [1.807, 2.05) is 0 Å². The number of aliphatic hydroxyl groups is 2. The van der Waals surface area contributed by atoms with E-state index in [0.717, 1.165) is 6.07 Å². The van der Waals surface area contributed by atoms with Gasteiger partial charge in [0.15, 0.2) is 0 Å². The Morgan fingerprint density at radius 3 is 2.53 bits per heavy atom. The van der Waals surface area contributed by atoms with Crippen molar-refractivity contribution in [3.05, 3.63) is 23.4 Å². The zero-order valence-corrected chi connectivity index (χ0v) is 10.9. The summed E-state index contributed by atoms with van der Waals surface area (Å²) in [5.74, 6) is 0.131. The molecule has 0 saturated carbocycles. The molecule has 1 aromatic heterocycles. The zero-order chi connectivity index (χ0) is 14.6. The Morgan fingerprint density at radius 1 is 1.42 bits per heavy atom. The summed E-state index contributed by atoms with van der Waals surface area (Å²) in [6.45, 7) is 0. The molecule has 0 aromatic carbocycles. The average molecular weight is 297 g/mol. The molecule has 2 atom stereocenters. The summed E-state index contributed by atoms with van der Waals surface area (Å²) in [7, 11) is 1.22. The number of pyridine rings is 1. The predicted molar refractivity (Wildman–Crippen MR) is 65.2 cm³/mol. The van der Waals surface area contributed by atoms with Crippen LogP contribution in [0.1, 0.15) is 23.7 Å². The van der Waals surface area contributed by atoms with Crippen molar-refractivity contribution in [3.8, 4) is 5.88 Å². The van der Waals surface area contributed by atoms with Crippen LogP contribution in [0.4, 0.5) is 13.2 Å². The van der Waals surface area contributed by atoms with E-state index >= 15 is 0 Å². The van der Waals surface area contributed by atoms with Gasteiger partial charge in [-0.25, -0.2) is 4.98 Å². The number of nitrogens with zero attached hydrogens (tertiary/aromatic N) is 1. The normalized spacial score (nSPS) is 15.1. The fraction of sp³-hybridized carbons (Fsp3) is 0.545. The monoisotopic (exact) mass is 297 g/mol. The van der Waals surface area contributed by atoms with Gasteiger partial charge in [-0.2, -0.15) is 25.8 Å². The van der Waals surface area contributed by atoms with Gasteiger partial charge in [0.2, 0.25) is 5.88 Å². The van der Waals surface area contributed by atoms with Crippen LogP contribution in [0, 0.1) is 0 Å². The Bertz CT molecular complexity index is 428. The van der Waals surface area contributed by atoms with E-state index in [2.05, 4.69) is 17.6 Å². The fourth-order valence-corrected chi connectivity index (χ4v) is 1.77. The third-order valence-electron chi connectivity index (χ3n) is 2.51. The predicted octanol–water partition coefficient (Wildman–Crippen LogP) is 1.82. The van der Waals surface area contributed by atoms with Gasteiger partial charge in [0.05, 0.1) is 18.8 Å². The van der Waals surface area contributed by atoms with Crippen molar-refractivity contribution >= 4 is 12.6 Å². The topological polar surface area (TPSA) is 62.6 Å². The summed E-state index contributed by atoms with van der Waals surface area (Å²) < 4.78 is 42.5.